The molecule has 2 aliphatic rings. The number of nitrogens with zero attached hydrogens (tertiary/aromatic N) is 2. The first-order chi connectivity index (χ1) is 11.2. The number of hydrogen-bond donors (Lipinski definition) is 1. The van der Waals surface area contributed by atoms with Crippen LogP contribution in [0.3, 0.4) is 0 Å². The van der Waals surface area contributed by atoms with Crippen LogP contribution in [0, 0.1) is 5.82 Å². The number of piperazine rings is 1. The third-order valence-corrected chi connectivity index (χ3v) is 5.50. The van der Waals surface area contributed by atoms with Gasteiger partial charge in [0.2, 0.25) is 0 Å². The van der Waals surface area contributed by atoms with Gasteiger partial charge in [0, 0.05) is 42.8 Å². The van der Waals surface area contributed by atoms with Crippen LogP contribution in [-0.4, -0.2) is 55.1 Å². The Morgan fingerprint density at radius 2 is 2.04 bits per heavy atom. The maximum Gasteiger partial charge on any atom is 0.129 e. The molecule has 128 valence electrons. The molecule has 0 aliphatic carbocycles. The largest absolute Gasteiger partial charge is 0.314 e. The molecule has 2 heterocycles. The Morgan fingerprint density at radius 1 is 1.26 bits per heavy atom. The van der Waals surface area contributed by atoms with Crippen molar-refractivity contribution in [3.63, 3.8) is 0 Å². The van der Waals surface area contributed by atoms with E-state index in [9.17, 15) is 4.39 Å². The first-order valence-corrected chi connectivity index (χ1v) is 9.17. The molecule has 2 aliphatic heterocycles. The topological polar surface area (TPSA) is 18.5 Å². The van der Waals surface area contributed by atoms with Gasteiger partial charge in [-0.05, 0) is 45.0 Å². The average molecular weight is 340 g/mol. The summed E-state index contributed by atoms with van der Waals surface area (Å²) in [5.41, 5.74) is 0.675. The Kier molecular flexibility index (Phi) is 5.91. The van der Waals surface area contributed by atoms with Crippen LogP contribution >= 0.6 is 11.6 Å². The van der Waals surface area contributed by atoms with Crippen LogP contribution in [-0.2, 0) is 0 Å². The summed E-state index contributed by atoms with van der Waals surface area (Å²) in [7, 11) is 0. The molecule has 5 heteroatoms. The highest BCUT2D eigenvalue weighted by Gasteiger charge is 2.32. The normalized spacial score (nSPS) is 25.4. The van der Waals surface area contributed by atoms with Gasteiger partial charge in [0.05, 0.1) is 6.04 Å². The molecule has 0 amide bonds. The second kappa shape index (κ2) is 7.93. The van der Waals surface area contributed by atoms with Crippen molar-refractivity contribution < 1.29 is 4.39 Å². The lowest BCUT2D eigenvalue weighted by atomic mass is 9.99. The predicted molar refractivity (Wildman–Crippen MR) is 93.5 cm³/mol. The Hall–Kier alpha value is -0.680. The molecule has 1 aromatic rings. The molecule has 1 aromatic carbocycles. The van der Waals surface area contributed by atoms with Gasteiger partial charge in [-0.25, -0.2) is 4.39 Å². The molecular formula is C18H27ClFN3. The number of likely N-dealkylation sites (tertiary alicyclic amines) is 1. The summed E-state index contributed by atoms with van der Waals surface area (Å²) in [5, 5.41) is 3.98. The third kappa shape index (κ3) is 4.05. The number of rotatable bonds is 4. The molecule has 3 nitrogen and oxygen atoms in total. The fourth-order valence-electron chi connectivity index (χ4n) is 3.90. The highest BCUT2D eigenvalue weighted by atomic mass is 35.5. The molecule has 2 saturated heterocycles. The summed E-state index contributed by atoms with van der Waals surface area (Å²) in [6.07, 6.45) is 3.80. The quantitative estimate of drug-likeness (QED) is 0.908. The lowest BCUT2D eigenvalue weighted by Crippen LogP contribution is -2.53. The van der Waals surface area contributed by atoms with Gasteiger partial charge in [-0.2, -0.15) is 0 Å². The van der Waals surface area contributed by atoms with Crippen molar-refractivity contribution in [1.82, 2.24) is 15.1 Å². The van der Waals surface area contributed by atoms with E-state index >= 15 is 0 Å². The van der Waals surface area contributed by atoms with E-state index in [1.54, 1.807) is 6.07 Å². The van der Waals surface area contributed by atoms with Crippen LogP contribution in [0.2, 0.25) is 5.02 Å². The lowest BCUT2D eigenvalue weighted by Gasteiger charge is -2.43. The van der Waals surface area contributed by atoms with Gasteiger partial charge in [0.1, 0.15) is 5.82 Å². The number of hydrogen-bond acceptors (Lipinski definition) is 3. The maximum absolute atomic E-state index is 14.6. The van der Waals surface area contributed by atoms with Gasteiger partial charge in [0.15, 0.2) is 0 Å². The van der Waals surface area contributed by atoms with E-state index in [1.807, 2.05) is 6.07 Å². The van der Waals surface area contributed by atoms with Crippen LogP contribution in [0.4, 0.5) is 4.39 Å². The summed E-state index contributed by atoms with van der Waals surface area (Å²) in [6, 6.07) is 5.46. The number of piperidine rings is 1. The molecule has 2 fully saturated rings. The first kappa shape index (κ1) is 17.2. The van der Waals surface area contributed by atoms with Crippen molar-refractivity contribution in [3.05, 3.63) is 34.6 Å². The van der Waals surface area contributed by atoms with Crippen molar-refractivity contribution >= 4 is 11.6 Å². The van der Waals surface area contributed by atoms with Crippen LogP contribution < -0.4 is 5.32 Å². The minimum absolute atomic E-state index is 0.0268. The Balaban J connectivity index is 1.88. The van der Waals surface area contributed by atoms with E-state index in [2.05, 4.69) is 22.0 Å². The Labute approximate surface area is 143 Å². The second-order valence-electron chi connectivity index (χ2n) is 6.80. The summed E-state index contributed by atoms with van der Waals surface area (Å²) in [5.74, 6) is -0.176. The second-order valence-corrected chi connectivity index (χ2v) is 7.21. The van der Waals surface area contributed by atoms with Crippen molar-refractivity contribution in [2.45, 2.75) is 38.3 Å². The van der Waals surface area contributed by atoms with E-state index in [4.69, 9.17) is 11.6 Å². The zero-order chi connectivity index (χ0) is 16.2. The molecule has 0 bridgehead atoms. The van der Waals surface area contributed by atoms with Crippen molar-refractivity contribution in [2.75, 3.05) is 39.3 Å². The van der Waals surface area contributed by atoms with Gasteiger partial charge < -0.3 is 10.2 Å². The molecule has 2 atom stereocenters. The van der Waals surface area contributed by atoms with Crippen LogP contribution in [0.15, 0.2) is 18.2 Å². The standard InChI is InChI=1S/C18H27ClFN3/c1-14-12-21-8-11-23(14)17(13-22-9-3-2-4-10-22)18-15(19)6-5-7-16(18)20/h5-7,14,17,21H,2-4,8-13H2,1H3. The summed E-state index contributed by atoms with van der Waals surface area (Å²) < 4.78 is 14.6. The van der Waals surface area contributed by atoms with Crippen molar-refractivity contribution in [1.29, 1.82) is 0 Å². The first-order valence-electron chi connectivity index (χ1n) is 8.79. The molecule has 23 heavy (non-hydrogen) atoms. The lowest BCUT2D eigenvalue weighted by molar-refractivity contribution is 0.0761. The molecule has 2 unspecified atom stereocenters. The van der Waals surface area contributed by atoms with E-state index in [-0.39, 0.29) is 11.9 Å². The molecular weight excluding hydrogens is 313 g/mol. The SMILES string of the molecule is CC1CNCCN1C(CN1CCCCC1)c1c(F)cccc1Cl. The van der Waals surface area contributed by atoms with Gasteiger partial charge in [-0.15, -0.1) is 0 Å². The highest BCUT2D eigenvalue weighted by molar-refractivity contribution is 6.31. The van der Waals surface area contributed by atoms with E-state index in [1.165, 1.54) is 25.3 Å². The fourth-order valence-corrected chi connectivity index (χ4v) is 4.19. The zero-order valence-electron chi connectivity index (χ0n) is 13.9. The van der Waals surface area contributed by atoms with Crippen LogP contribution in [0.25, 0.3) is 0 Å². The Morgan fingerprint density at radius 3 is 2.74 bits per heavy atom. The minimum atomic E-state index is -0.176. The van der Waals surface area contributed by atoms with Gasteiger partial charge >= 0.3 is 0 Å². The minimum Gasteiger partial charge on any atom is -0.314 e. The zero-order valence-corrected chi connectivity index (χ0v) is 14.7. The average Bonchev–Trinajstić information content (AvgIpc) is 2.55. The van der Waals surface area contributed by atoms with Crippen LogP contribution in [0.5, 0.6) is 0 Å². The molecule has 0 aromatic heterocycles. The number of halogens is 2. The number of benzene rings is 1. The van der Waals surface area contributed by atoms with Gasteiger partial charge in [-0.3, -0.25) is 4.90 Å². The predicted octanol–water partition coefficient (Wildman–Crippen LogP) is 3.30. The van der Waals surface area contributed by atoms with Crippen LogP contribution in [0.1, 0.15) is 37.8 Å². The molecule has 0 spiro atoms. The highest BCUT2D eigenvalue weighted by Crippen LogP contribution is 2.33. The molecule has 0 radical (unpaired) electrons. The molecule has 0 saturated carbocycles. The maximum atomic E-state index is 14.6. The fraction of sp³-hybridized carbons (Fsp3) is 0.667. The van der Waals surface area contributed by atoms with Gasteiger partial charge in [-0.1, -0.05) is 24.1 Å². The van der Waals surface area contributed by atoms with E-state index < -0.39 is 0 Å². The monoisotopic (exact) mass is 339 g/mol. The third-order valence-electron chi connectivity index (χ3n) is 5.17. The Bertz CT molecular complexity index is 499. The summed E-state index contributed by atoms with van der Waals surface area (Å²) >= 11 is 6.41. The van der Waals surface area contributed by atoms with E-state index in [0.29, 0.717) is 16.6 Å². The molecule has 3 rings (SSSR count). The van der Waals surface area contributed by atoms with Crippen molar-refractivity contribution in [2.24, 2.45) is 0 Å². The molecule has 1 N–H and O–H groups in total. The smallest absolute Gasteiger partial charge is 0.129 e. The van der Waals surface area contributed by atoms with E-state index in [0.717, 1.165) is 39.3 Å². The van der Waals surface area contributed by atoms with Gasteiger partial charge in [0.25, 0.3) is 0 Å². The summed E-state index contributed by atoms with van der Waals surface area (Å²) in [4.78, 5) is 4.90. The number of nitrogens with one attached hydrogen (secondary N) is 1. The van der Waals surface area contributed by atoms with Crippen molar-refractivity contribution in [3.8, 4) is 0 Å². The summed E-state index contributed by atoms with van der Waals surface area (Å²) in [6.45, 7) is 8.14.